The molecule has 0 radical (unpaired) electrons. The second kappa shape index (κ2) is 7.04. The number of nitro groups is 1. The topological polar surface area (TPSA) is 137 Å². The van der Waals surface area contributed by atoms with E-state index in [0.717, 1.165) is 0 Å². The maximum absolute atomic E-state index is 11.5. The molecule has 0 bridgehead atoms. The van der Waals surface area contributed by atoms with Crippen LogP contribution in [0.25, 0.3) is 0 Å². The van der Waals surface area contributed by atoms with Crippen LogP contribution in [-0.2, 0) is 9.59 Å². The standard InChI is InChI=1S/C11H14N4O5/c1-20-7-2-3-8(9(4-7)15(18)19)14-11(17)6-13-10(16)5-12/h2-4H,5-6,12H2,1H3,(H,13,16)(H,14,17). The lowest BCUT2D eigenvalue weighted by Crippen LogP contribution is -2.36. The molecule has 0 aliphatic carbocycles. The summed E-state index contributed by atoms with van der Waals surface area (Å²) in [4.78, 5) is 32.7. The molecule has 0 aliphatic rings. The lowest BCUT2D eigenvalue weighted by atomic mass is 10.2. The molecule has 0 saturated carbocycles. The summed E-state index contributed by atoms with van der Waals surface area (Å²) >= 11 is 0. The molecule has 0 spiro atoms. The first kappa shape index (κ1) is 15.4. The molecule has 0 saturated heterocycles. The molecule has 2 amide bonds. The normalized spacial score (nSPS) is 9.70. The van der Waals surface area contributed by atoms with E-state index in [-0.39, 0.29) is 24.5 Å². The Hall–Kier alpha value is -2.68. The van der Waals surface area contributed by atoms with Crippen molar-refractivity contribution in [1.29, 1.82) is 0 Å². The van der Waals surface area contributed by atoms with E-state index in [2.05, 4.69) is 10.6 Å². The smallest absolute Gasteiger partial charge is 0.296 e. The van der Waals surface area contributed by atoms with Crippen LogP contribution >= 0.6 is 0 Å². The van der Waals surface area contributed by atoms with E-state index in [0.29, 0.717) is 5.75 Å². The van der Waals surface area contributed by atoms with E-state index in [4.69, 9.17) is 10.5 Å². The number of rotatable bonds is 6. The fraction of sp³-hybridized carbons (Fsp3) is 0.273. The SMILES string of the molecule is COc1ccc(NC(=O)CNC(=O)CN)c([N+](=O)[O-])c1. The van der Waals surface area contributed by atoms with Crippen LogP contribution < -0.4 is 21.1 Å². The number of amides is 2. The van der Waals surface area contributed by atoms with Crippen molar-refractivity contribution in [1.82, 2.24) is 5.32 Å². The zero-order valence-corrected chi connectivity index (χ0v) is 10.7. The van der Waals surface area contributed by atoms with Crippen LogP contribution in [-0.4, -0.2) is 36.9 Å². The molecule has 1 rings (SSSR count). The number of hydrogen-bond acceptors (Lipinski definition) is 6. The summed E-state index contributed by atoms with van der Waals surface area (Å²) in [6, 6.07) is 4.01. The summed E-state index contributed by atoms with van der Waals surface area (Å²) in [7, 11) is 1.37. The Morgan fingerprint density at radius 2 is 2.10 bits per heavy atom. The number of benzene rings is 1. The number of hydrogen-bond donors (Lipinski definition) is 3. The van der Waals surface area contributed by atoms with Gasteiger partial charge in [-0.05, 0) is 12.1 Å². The molecule has 1 aromatic rings. The van der Waals surface area contributed by atoms with Crippen molar-refractivity contribution in [3.8, 4) is 5.75 Å². The van der Waals surface area contributed by atoms with Crippen LogP contribution in [0.2, 0.25) is 0 Å². The number of anilines is 1. The number of nitrogens with two attached hydrogens (primary N) is 1. The van der Waals surface area contributed by atoms with Crippen molar-refractivity contribution in [2.24, 2.45) is 5.73 Å². The zero-order valence-electron chi connectivity index (χ0n) is 10.7. The zero-order chi connectivity index (χ0) is 15.1. The first-order valence-corrected chi connectivity index (χ1v) is 5.57. The summed E-state index contributed by atoms with van der Waals surface area (Å²) in [5.74, 6) is -0.796. The second-order valence-corrected chi connectivity index (χ2v) is 3.67. The van der Waals surface area contributed by atoms with Gasteiger partial charge in [-0.2, -0.15) is 0 Å². The molecule has 1 aromatic carbocycles. The van der Waals surface area contributed by atoms with Gasteiger partial charge in [0.2, 0.25) is 11.8 Å². The second-order valence-electron chi connectivity index (χ2n) is 3.67. The number of methoxy groups -OCH3 is 1. The molecule has 108 valence electrons. The summed E-state index contributed by atoms with van der Waals surface area (Å²) in [6.07, 6.45) is 0. The minimum Gasteiger partial charge on any atom is -0.496 e. The molecule has 0 heterocycles. The van der Waals surface area contributed by atoms with Gasteiger partial charge in [-0.1, -0.05) is 0 Å². The summed E-state index contributed by atoms with van der Waals surface area (Å²) < 4.78 is 4.87. The van der Waals surface area contributed by atoms with Gasteiger partial charge in [0.05, 0.1) is 31.2 Å². The largest absolute Gasteiger partial charge is 0.496 e. The van der Waals surface area contributed by atoms with Crippen molar-refractivity contribution in [2.75, 3.05) is 25.5 Å². The van der Waals surface area contributed by atoms with Gasteiger partial charge in [0.15, 0.2) is 0 Å². The summed E-state index contributed by atoms with van der Waals surface area (Å²) in [5.41, 5.74) is 4.77. The minimum absolute atomic E-state index is 0.0165. The lowest BCUT2D eigenvalue weighted by molar-refractivity contribution is -0.384. The molecule has 9 nitrogen and oxygen atoms in total. The highest BCUT2D eigenvalue weighted by Gasteiger charge is 2.17. The minimum atomic E-state index is -0.642. The van der Waals surface area contributed by atoms with Gasteiger partial charge < -0.3 is 21.1 Å². The molecule has 0 fully saturated rings. The maximum Gasteiger partial charge on any atom is 0.296 e. The predicted octanol–water partition coefficient (Wildman–Crippen LogP) is -0.383. The molecule has 9 heteroatoms. The maximum atomic E-state index is 11.5. The van der Waals surface area contributed by atoms with Gasteiger partial charge in [0, 0.05) is 0 Å². The van der Waals surface area contributed by atoms with E-state index in [1.165, 1.54) is 25.3 Å². The van der Waals surface area contributed by atoms with Gasteiger partial charge in [-0.25, -0.2) is 0 Å². The Morgan fingerprint density at radius 1 is 1.40 bits per heavy atom. The summed E-state index contributed by atoms with van der Waals surface area (Å²) in [6.45, 7) is -0.560. The molecular formula is C11H14N4O5. The third-order valence-corrected chi connectivity index (χ3v) is 2.31. The molecule has 0 aromatic heterocycles. The van der Waals surface area contributed by atoms with Crippen LogP contribution in [0.15, 0.2) is 18.2 Å². The van der Waals surface area contributed by atoms with E-state index in [1.807, 2.05) is 0 Å². The lowest BCUT2D eigenvalue weighted by Gasteiger charge is -2.08. The Kier molecular flexibility index (Phi) is 5.42. The highest BCUT2D eigenvalue weighted by Crippen LogP contribution is 2.28. The quantitative estimate of drug-likeness (QED) is 0.480. The number of carbonyl (C=O) groups is 2. The monoisotopic (exact) mass is 282 g/mol. The Morgan fingerprint density at radius 3 is 2.65 bits per heavy atom. The average Bonchev–Trinajstić information content (AvgIpc) is 2.44. The first-order chi connectivity index (χ1) is 9.47. The number of nitrogens with zero attached hydrogens (tertiary/aromatic N) is 1. The van der Waals surface area contributed by atoms with Gasteiger partial charge in [-0.3, -0.25) is 19.7 Å². The van der Waals surface area contributed by atoms with Crippen molar-refractivity contribution in [3.63, 3.8) is 0 Å². The van der Waals surface area contributed by atoms with Crippen LogP contribution in [0.3, 0.4) is 0 Å². The van der Waals surface area contributed by atoms with Crippen molar-refractivity contribution in [3.05, 3.63) is 28.3 Å². The van der Waals surface area contributed by atoms with Crippen LogP contribution in [0.5, 0.6) is 5.75 Å². The van der Waals surface area contributed by atoms with Gasteiger partial charge in [0.25, 0.3) is 5.69 Å². The molecule has 20 heavy (non-hydrogen) atoms. The molecule has 0 unspecified atom stereocenters. The van der Waals surface area contributed by atoms with Crippen molar-refractivity contribution < 1.29 is 19.2 Å². The predicted molar refractivity (Wildman–Crippen MR) is 70.3 cm³/mol. The number of ether oxygens (including phenoxy) is 1. The third-order valence-electron chi connectivity index (χ3n) is 2.31. The Bertz CT molecular complexity index is 532. The van der Waals surface area contributed by atoms with E-state index in [9.17, 15) is 19.7 Å². The van der Waals surface area contributed by atoms with Crippen molar-refractivity contribution >= 4 is 23.2 Å². The first-order valence-electron chi connectivity index (χ1n) is 5.57. The van der Waals surface area contributed by atoms with E-state index in [1.54, 1.807) is 0 Å². The fourth-order valence-corrected chi connectivity index (χ4v) is 1.34. The average molecular weight is 282 g/mol. The molecular weight excluding hydrogens is 268 g/mol. The third kappa shape index (κ3) is 4.21. The molecule has 4 N–H and O–H groups in total. The number of nitrogens with one attached hydrogen (secondary N) is 2. The van der Waals surface area contributed by atoms with Gasteiger partial charge in [-0.15, -0.1) is 0 Å². The highest BCUT2D eigenvalue weighted by atomic mass is 16.6. The number of nitro benzene ring substituents is 1. The molecule has 0 atom stereocenters. The van der Waals surface area contributed by atoms with Crippen molar-refractivity contribution in [2.45, 2.75) is 0 Å². The van der Waals surface area contributed by atoms with Gasteiger partial charge >= 0.3 is 0 Å². The molecule has 0 aliphatic heterocycles. The fourth-order valence-electron chi connectivity index (χ4n) is 1.34. The van der Waals surface area contributed by atoms with Crippen LogP contribution in [0, 0.1) is 10.1 Å². The Labute approximate surface area is 114 Å². The van der Waals surface area contributed by atoms with E-state index >= 15 is 0 Å². The summed E-state index contributed by atoms with van der Waals surface area (Å²) in [5, 5.41) is 15.5. The Balaban J connectivity index is 2.78. The van der Waals surface area contributed by atoms with E-state index < -0.39 is 16.7 Å². The number of carbonyl (C=O) groups excluding carboxylic acids is 2. The van der Waals surface area contributed by atoms with Crippen LogP contribution in [0.4, 0.5) is 11.4 Å². The highest BCUT2D eigenvalue weighted by molar-refractivity contribution is 5.96. The van der Waals surface area contributed by atoms with Crippen LogP contribution in [0.1, 0.15) is 0 Å². The van der Waals surface area contributed by atoms with Gasteiger partial charge in [0.1, 0.15) is 11.4 Å².